The molecule has 18 heavy (non-hydrogen) atoms. The molecule has 2 nitrogen and oxygen atoms in total. The third kappa shape index (κ3) is 4.55. The van der Waals surface area contributed by atoms with Crippen molar-refractivity contribution in [2.24, 2.45) is 5.92 Å². The number of rotatable bonds is 5. The Morgan fingerprint density at radius 2 is 1.83 bits per heavy atom. The number of nitrogens with zero attached hydrogens (tertiary/aromatic N) is 2. The van der Waals surface area contributed by atoms with Crippen LogP contribution < -0.4 is 0 Å². The van der Waals surface area contributed by atoms with Gasteiger partial charge in [-0.3, -0.25) is 4.90 Å². The van der Waals surface area contributed by atoms with Crippen molar-refractivity contribution in [3.05, 3.63) is 0 Å². The lowest BCUT2D eigenvalue weighted by atomic mass is 10.0. The molecule has 2 aliphatic heterocycles. The smallest absolute Gasteiger partial charge is 0.0223 e. The summed E-state index contributed by atoms with van der Waals surface area (Å²) in [6, 6.07) is 0.881. The largest absolute Gasteiger partial charge is 0.302 e. The number of hydrogen-bond donors (Lipinski definition) is 0. The van der Waals surface area contributed by atoms with Gasteiger partial charge in [0.2, 0.25) is 0 Å². The van der Waals surface area contributed by atoms with Gasteiger partial charge >= 0.3 is 0 Å². The van der Waals surface area contributed by atoms with Crippen molar-refractivity contribution in [1.29, 1.82) is 0 Å². The molecule has 0 aromatic heterocycles. The molecule has 0 bridgehead atoms. The normalized spacial score (nSPS) is 27.2. The van der Waals surface area contributed by atoms with Crippen molar-refractivity contribution in [2.75, 3.05) is 32.7 Å². The molecular weight excluding hydrogens is 220 g/mol. The van der Waals surface area contributed by atoms with E-state index in [4.69, 9.17) is 0 Å². The van der Waals surface area contributed by atoms with Crippen LogP contribution in [0.3, 0.4) is 0 Å². The van der Waals surface area contributed by atoms with E-state index in [-0.39, 0.29) is 0 Å². The first kappa shape index (κ1) is 14.3. The molecule has 0 N–H and O–H groups in total. The number of fused-ring (bicyclic) bond motifs is 1. The molecule has 106 valence electrons. The van der Waals surface area contributed by atoms with E-state index in [0.29, 0.717) is 0 Å². The zero-order chi connectivity index (χ0) is 12.8. The van der Waals surface area contributed by atoms with E-state index in [1.165, 1.54) is 77.7 Å². The van der Waals surface area contributed by atoms with Crippen molar-refractivity contribution >= 4 is 0 Å². The summed E-state index contributed by atoms with van der Waals surface area (Å²) < 4.78 is 0. The van der Waals surface area contributed by atoms with Crippen LogP contribution in [0.15, 0.2) is 0 Å². The van der Waals surface area contributed by atoms with Crippen LogP contribution in [-0.4, -0.2) is 48.6 Å². The summed E-state index contributed by atoms with van der Waals surface area (Å²) >= 11 is 0. The van der Waals surface area contributed by atoms with E-state index >= 15 is 0 Å². The highest BCUT2D eigenvalue weighted by atomic mass is 15.2. The quantitative estimate of drug-likeness (QED) is 0.692. The van der Waals surface area contributed by atoms with E-state index in [9.17, 15) is 0 Å². The van der Waals surface area contributed by atoms with Crippen LogP contribution in [0.5, 0.6) is 0 Å². The highest BCUT2D eigenvalue weighted by Crippen LogP contribution is 2.21. The third-order valence-electron chi connectivity index (χ3n) is 4.64. The van der Waals surface area contributed by atoms with Crippen LogP contribution in [0.25, 0.3) is 0 Å². The van der Waals surface area contributed by atoms with Crippen molar-refractivity contribution < 1.29 is 0 Å². The summed E-state index contributed by atoms with van der Waals surface area (Å²) in [7, 11) is 0. The SMILES string of the molecule is CC(C)CCCCN1CCCN2CCCCC2C1. The molecule has 0 aliphatic carbocycles. The summed E-state index contributed by atoms with van der Waals surface area (Å²) in [6.45, 7) is 11.4. The molecule has 1 atom stereocenters. The second kappa shape index (κ2) is 7.49. The van der Waals surface area contributed by atoms with Crippen LogP contribution in [0, 0.1) is 5.92 Å². The molecule has 0 saturated carbocycles. The van der Waals surface area contributed by atoms with Gasteiger partial charge in [0.25, 0.3) is 0 Å². The highest BCUT2D eigenvalue weighted by Gasteiger charge is 2.26. The maximum Gasteiger partial charge on any atom is 0.0223 e. The number of hydrogen-bond acceptors (Lipinski definition) is 2. The van der Waals surface area contributed by atoms with E-state index in [1.807, 2.05) is 0 Å². The minimum absolute atomic E-state index is 0.878. The minimum atomic E-state index is 0.878. The fourth-order valence-corrected chi connectivity index (χ4v) is 3.54. The fourth-order valence-electron chi connectivity index (χ4n) is 3.54. The lowest BCUT2D eigenvalue weighted by Crippen LogP contribution is -2.44. The molecule has 0 aromatic rings. The Hall–Kier alpha value is -0.0800. The first-order valence-electron chi connectivity index (χ1n) is 8.22. The van der Waals surface area contributed by atoms with Crippen LogP contribution in [-0.2, 0) is 0 Å². The predicted octanol–water partition coefficient (Wildman–Crippen LogP) is 3.37. The average Bonchev–Trinajstić information content (AvgIpc) is 2.56. The Balaban J connectivity index is 1.69. The molecule has 2 aliphatic rings. The summed E-state index contributed by atoms with van der Waals surface area (Å²) in [5.41, 5.74) is 0. The predicted molar refractivity (Wildman–Crippen MR) is 79.0 cm³/mol. The third-order valence-corrected chi connectivity index (χ3v) is 4.64. The fraction of sp³-hybridized carbons (Fsp3) is 1.00. The number of piperidine rings is 1. The zero-order valence-electron chi connectivity index (χ0n) is 12.5. The first-order valence-corrected chi connectivity index (χ1v) is 8.22. The first-order chi connectivity index (χ1) is 8.75. The second-order valence-electron chi connectivity index (χ2n) is 6.73. The molecule has 0 radical (unpaired) electrons. The molecule has 2 rings (SSSR count). The molecule has 0 aromatic carbocycles. The Bertz CT molecular complexity index is 227. The van der Waals surface area contributed by atoms with Gasteiger partial charge in [-0.2, -0.15) is 0 Å². The molecule has 2 saturated heterocycles. The van der Waals surface area contributed by atoms with Crippen LogP contribution in [0.1, 0.15) is 58.8 Å². The molecule has 2 heteroatoms. The van der Waals surface area contributed by atoms with Gasteiger partial charge in [-0.1, -0.05) is 33.1 Å². The second-order valence-corrected chi connectivity index (χ2v) is 6.73. The molecule has 1 unspecified atom stereocenters. The van der Waals surface area contributed by atoms with Gasteiger partial charge in [0.1, 0.15) is 0 Å². The van der Waals surface area contributed by atoms with E-state index < -0.39 is 0 Å². The Morgan fingerprint density at radius 3 is 2.67 bits per heavy atom. The standard InChI is InChI=1S/C16H32N2/c1-15(2)8-3-5-10-17-11-7-13-18-12-6-4-9-16(18)14-17/h15-16H,3-14H2,1-2H3. The lowest BCUT2D eigenvalue weighted by Gasteiger charge is -2.35. The van der Waals surface area contributed by atoms with Crippen LogP contribution >= 0.6 is 0 Å². The molecule has 0 amide bonds. The highest BCUT2D eigenvalue weighted by molar-refractivity contribution is 4.83. The van der Waals surface area contributed by atoms with Crippen molar-refractivity contribution in [1.82, 2.24) is 9.80 Å². The summed E-state index contributed by atoms with van der Waals surface area (Å²) in [6.07, 6.45) is 9.97. The summed E-state index contributed by atoms with van der Waals surface area (Å²) in [5, 5.41) is 0. The summed E-state index contributed by atoms with van der Waals surface area (Å²) in [4.78, 5) is 5.51. The number of unbranched alkanes of at least 4 members (excludes halogenated alkanes) is 1. The van der Waals surface area contributed by atoms with Crippen LogP contribution in [0.2, 0.25) is 0 Å². The van der Waals surface area contributed by atoms with Gasteiger partial charge in [0.05, 0.1) is 0 Å². The summed E-state index contributed by atoms with van der Waals surface area (Å²) in [5.74, 6) is 0.878. The molecule has 0 spiro atoms. The van der Waals surface area contributed by atoms with Crippen molar-refractivity contribution in [3.63, 3.8) is 0 Å². The van der Waals surface area contributed by atoms with E-state index in [0.717, 1.165) is 12.0 Å². The van der Waals surface area contributed by atoms with Crippen LogP contribution in [0.4, 0.5) is 0 Å². The van der Waals surface area contributed by atoms with Crippen molar-refractivity contribution in [3.8, 4) is 0 Å². The van der Waals surface area contributed by atoms with Gasteiger partial charge in [-0.25, -0.2) is 0 Å². The van der Waals surface area contributed by atoms with Gasteiger partial charge in [-0.05, 0) is 57.8 Å². The van der Waals surface area contributed by atoms with E-state index in [2.05, 4.69) is 23.6 Å². The molecule has 2 heterocycles. The maximum absolute atomic E-state index is 2.76. The van der Waals surface area contributed by atoms with E-state index in [1.54, 1.807) is 0 Å². The lowest BCUT2D eigenvalue weighted by molar-refractivity contribution is 0.136. The monoisotopic (exact) mass is 252 g/mol. The Labute approximate surface area is 114 Å². The average molecular weight is 252 g/mol. The van der Waals surface area contributed by atoms with Gasteiger partial charge < -0.3 is 4.90 Å². The minimum Gasteiger partial charge on any atom is -0.302 e. The molecular formula is C16H32N2. The van der Waals surface area contributed by atoms with Gasteiger partial charge in [0, 0.05) is 12.6 Å². The Kier molecular flexibility index (Phi) is 5.97. The Morgan fingerprint density at radius 1 is 1.00 bits per heavy atom. The zero-order valence-corrected chi connectivity index (χ0v) is 12.5. The van der Waals surface area contributed by atoms with Gasteiger partial charge in [-0.15, -0.1) is 0 Å². The van der Waals surface area contributed by atoms with Crippen molar-refractivity contribution in [2.45, 2.75) is 64.8 Å². The topological polar surface area (TPSA) is 6.48 Å². The van der Waals surface area contributed by atoms with Gasteiger partial charge in [0.15, 0.2) is 0 Å². The maximum atomic E-state index is 2.76. The molecule has 2 fully saturated rings.